The molecule has 0 bridgehead atoms. The molecule has 1 aliphatic heterocycles. The first-order valence-corrected chi connectivity index (χ1v) is 10.2. The number of ether oxygens (including phenoxy) is 1. The maximum atomic E-state index is 14.4. The van der Waals surface area contributed by atoms with Gasteiger partial charge in [-0.15, -0.1) is 0 Å². The maximum absolute atomic E-state index is 14.4. The fraction of sp³-hybridized carbons (Fsp3) is 0.174. The number of anilines is 6. The van der Waals surface area contributed by atoms with Gasteiger partial charge < -0.3 is 30.7 Å². The van der Waals surface area contributed by atoms with Crippen LogP contribution >= 0.6 is 0 Å². The number of carbonyl (C=O) groups is 1. The Kier molecular flexibility index (Phi) is 6.36. The van der Waals surface area contributed by atoms with Gasteiger partial charge in [-0.2, -0.15) is 4.98 Å². The lowest BCUT2D eigenvalue weighted by molar-refractivity contribution is -0.111. The van der Waals surface area contributed by atoms with Crippen molar-refractivity contribution in [2.24, 2.45) is 0 Å². The lowest BCUT2D eigenvalue weighted by Gasteiger charge is -2.33. The molecule has 0 saturated carbocycles. The molecule has 1 atom stereocenters. The lowest BCUT2D eigenvalue weighted by Crippen LogP contribution is -2.39. The summed E-state index contributed by atoms with van der Waals surface area (Å²) in [5.41, 5.74) is 2.44. The molecule has 10 heteroatoms. The predicted molar refractivity (Wildman–Crippen MR) is 125 cm³/mol. The summed E-state index contributed by atoms with van der Waals surface area (Å²) < 4.78 is 20.0. The second kappa shape index (κ2) is 9.53. The van der Waals surface area contributed by atoms with Crippen molar-refractivity contribution < 1.29 is 19.0 Å². The Morgan fingerprint density at radius 1 is 1.24 bits per heavy atom. The summed E-state index contributed by atoms with van der Waals surface area (Å²) in [5, 5.41) is 18.6. The van der Waals surface area contributed by atoms with Crippen LogP contribution in [0.3, 0.4) is 0 Å². The SMILES string of the molecule is C=CC(=O)Nc1cccc(Nc2nc(Nc3ccc4c(c3)N(C(C)O)CCO4)ncc2F)c1. The van der Waals surface area contributed by atoms with Crippen LogP contribution in [0.4, 0.5) is 38.9 Å². The van der Waals surface area contributed by atoms with E-state index in [2.05, 4.69) is 32.5 Å². The minimum atomic E-state index is -0.673. The van der Waals surface area contributed by atoms with Crippen molar-refractivity contribution in [1.82, 2.24) is 9.97 Å². The molecule has 2 aromatic carbocycles. The molecule has 4 N–H and O–H groups in total. The zero-order valence-corrected chi connectivity index (χ0v) is 17.9. The normalized spacial score (nSPS) is 13.4. The van der Waals surface area contributed by atoms with Gasteiger partial charge in [-0.1, -0.05) is 12.6 Å². The van der Waals surface area contributed by atoms with Crippen LogP contribution in [0, 0.1) is 5.82 Å². The second-order valence-corrected chi connectivity index (χ2v) is 7.27. The van der Waals surface area contributed by atoms with E-state index in [0.717, 1.165) is 18.0 Å². The molecule has 4 rings (SSSR count). The molecule has 170 valence electrons. The number of fused-ring (bicyclic) bond motifs is 1. The molecule has 3 aromatic rings. The number of nitrogens with one attached hydrogen (secondary N) is 3. The van der Waals surface area contributed by atoms with Crippen LogP contribution in [-0.4, -0.2) is 40.4 Å². The van der Waals surface area contributed by atoms with E-state index in [1.165, 1.54) is 0 Å². The number of aromatic nitrogens is 2. The van der Waals surface area contributed by atoms with Gasteiger partial charge in [-0.05, 0) is 49.4 Å². The molecule has 33 heavy (non-hydrogen) atoms. The van der Waals surface area contributed by atoms with Crippen molar-refractivity contribution in [3.63, 3.8) is 0 Å². The van der Waals surface area contributed by atoms with Gasteiger partial charge in [0.05, 0.1) is 18.4 Å². The van der Waals surface area contributed by atoms with Gasteiger partial charge in [0.25, 0.3) is 0 Å². The smallest absolute Gasteiger partial charge is 0.247 e. The highest BCUT2D eigenvalue weighted by Gasteiger charge is 2.22. The molecular formula is C23H23FN6O3. The minimum absolute atomic E-state index is 0.0356. The molecule has 0 saturated heterocycles. The molecule has 1 aliphatic rings. The number of nitrogens with zero attached hydrogens (tertiary/aromatic N) is 3. The summed E-state index contributed by atoms with van der Waals surface area (Å²) in [6.07, 6.45) is 1.55. The van der Waals surface area contributed by atoms with Gasteiger partial charge in [-0.25, -0.2) is 9.37 Å². The largest absolute Gasteiger partial charge is 0.490 e. The second-order valence-electron chi connectivity index (χ2n) is 7.27. The van der Waals surface area contributed by atoms with E-state index in [-0.39, 0.29) is 17.7 Å². The Balaban J connectivity index is 1.54. The van der Waals surface area contributed by atoms with E-state index in [4.69, 9.17) is 4.74 Å². The number of rotatable bonds is 7. The van der Waals surface area contributed by atoms with Gasteiger partial charge in [-0.3, -0.25) is 4.79 Å². The van der Waals surface area contributed by atoms with Gasteiger partial charge >= 0.3 is 0 Å². The average molecular weight is 450 g/mol. The van der Waals surface area contributed by atoms with Crippen LogP contribution in [0.15, 0.2) is 61.3 Å². The fourth-order valence-corrected chi connectivity index (χ4v) is 3.35. The monoisotopic (exact) mass is 450 g/mol. The molecule has 0 fully saturated rings. The summed E-state index contributed by atoms with van der Waals surface area (Å²) >= 11 is 0. The Labute approximate surface area is 189 Å². The van der Waals surface area contributed by atoms with E-state index in [9.17, 15) is 14.3 Å². The number of carbonyl (C=O) groups excluding carboxylic acids is 1. The number of aliphatic hydroxyl groups excluding tert-OH is 1. The lowest BCUT2D eigenvalue weighted by atomic mass is 10.2. The Morgan fingerprint density at radius 3 is 2.82 bits per heavy atom. The molecule has 1 amide bonds. The standard InChI is InChI=1S/C23H23FN6O3/c1-3-21(32)26-15-5-4-6-16(11-15)27-22-18(24)13-25-23(29-22)28-17-7-8-20-19(12-17)30(14(2)31)9-10-33-20/h3-8,11-14,31H,1,9-10H2,2H3,(H,26,32)(H2,25,27,28,29). The first-order chi connectivity index (χ1) is 15.9. The Morgan fingerprint density at radius 2 is 2.03 bits per heavy atom. The van der Waals surface area contributed by atoms with Crippen LogP contribution < -0.4 is 25.6 Å². The summed E-state index contributed by atoms with van der Waals surface area (Å²) in [6.45, 7) is 6.15. The number of hydrogen-bond acceptors (Lipinski definition) is 8. The minimum Gasteiger partial charge on any atom is -0.490 e. The van der Waals surface area contributed by atoms with Crippen molar-refractivity contribution in [3.05, 3.63) is 67.1 Å². The van der Waals surface area contributed by atoms with Crippen molar-refractivity contribution >= 4 is 40.4 Å². The van der Waals surface area contributed by atoms with E-state index in [0.29, 0.717) is 36.0 Å². The molecule has 0 radical (unpaired) electrons. The molecule has 9 nitrogen and oxygen atoms in total. The summed E-state index contributed by atoms with van der Waals surface area (Å²) in [5.74, 6) is -0.183. The third kappa shape index (κ3) is 5.18. The van der Waals surface area contributed by atoms with E-state index >= 15 is 0 Å². The molecule has 0 aliphatic carbocycles. The van der Waals surface area contributed by atoms with E-state index < -0.39 is 12.0 Å². The van der Waals surface area contributed by atoms with Crippen molar-refractivity contribution in [2.45, 2.75) is 13.2 Å². The van der Waals surface area contributed by atoms with Gasteiger partial charge in [0, 0.05) is 17.1 Å². The highest BCUT2D eigenvalue weighted by molar-refractivity contribution is 5.99. The first-order valence-electron chi connectivity index (χ1n) is 10.2. The average Bonchev–Trinajstić information content (AvgIpc) is 2.81. The number of amides is 1. The van der Waals surface area contributed by atoms with Crippen molar-refractivity contribution in [2.75, 3.05) is 34.0 Å². The molecule has 1 aromatic heterocycles. The van der Waals surface area contributed by atoms with E-state index in [1.54, 1.807) is 43.3 Å². The number of hydrogen-bond donors (Lipinski definition) is 4. The van der Waals surface area contributed by atoms with Gasteiger partial charge in [0.15, 0.2) is 11.6 Å². The summed E-state index contributed by atoms with van der Waals surface area (Å²) in [6, 6.07) is 12.2. The number of aliphatic hydroxyl groups is 1. The van der Waals surface area contributed by atoms with Crippen LogP contribution in [-0.2, 0) is 4.79 Å². The maximum Gasteiger partial charge on any atom is 0.247 e. The zero-order chi connectivity index (χ0) is 23.4. The zero-order valence-electron chi connectivity index (χ0n) is 17.9. The topological polar surface area (TPSA) is 112 Å². The summed E-state index contributed by atoms with van der Waals surface area (Å²) in [7, 11) is 0. The highest BCUT2D eigenvalue weighted by atomic mass is 19.1. The first kappa shape index (κ1) is 22.0. The number of halogens is 1. The Hall–Kier alpha value is -4.18. The highest BCUT2D eigenvalue weighted by Crippen LogP contribution is 2.35. The Bertz CT molecular complexity index is 1190. The third-order valence-electron chi connectivity index (χ3n) is 4.89. The van der Waals surface area contributed by atoms with Crippen LogP contribution in [0.25, 0.3) is 0 Å². The number of benzene rings is 2. The van der Waals surface area contributed by atoms with Crippen LogP contribution in [0.2, 0.25) is 0 Å². The molecular weight excluding hydrogens is 427 g/mol. The summed E-state index contributed by atoms with van der Waals surface area (Å²) in [4.78, 5) is 21.6. The molecule has 2 heterocycles. The molecule has 1 unspecified atom stereocenters. The van der Waals surface area contributed by atoms with Crippen LogP contribution in [0.5, 0.6) is 5.75 Å². The van der Waals surface area contributed by atoms with Gasteiger partial charge in [0.1, 0.15) is 18.6 Å². The van der Waals surface area contributed by atoms with Crippen LogP contribution in [0.1, 0.15) is 6.92 Å². The molecule has 0 spiro atoms. The van der Waals surface area contributed by atoms with Gasteiger partial charge in [0.2, 0.25) is 11.9 Å². The quantitative estimate of drug-likeness (QED) is 0.403. The van der Waals surface area contributed by atoms with Crippen molar-refractivity contribution in [3.8, 4) is 5.75 Å². The van der Waals surface area contributed by atoms with Crippen molar-refractivity contribution in [1.29, 1.82) is 0 Å². The predicted octanol–water partition coefficient (Wildman–Crippen LogP) is 3.76. The fourth-order valence-electron chi connectivity index (χ4n) is 3.35. The third-order valence-corrected chi connectivity index (χ3v) is 4.89. The van der Waals surface area contributed by atoms with E-state index in [1.807, 2.05) is 11.0 Å².